The third-order valence-corrected chi connectivity index (χ3v) is 5.11. The number of para-hydroxylation sites is 1. The van der Waals surface area contributed by atoms with Crippen LogP contribution in [-0.2, 0) is 22.7 Å². The summed E-state index contributed by atoms with van der Waals surface area (Å²) in [7, 11) is 3.34. The van der Waals surface area contributed by atoms with Crippen LogP contribution in [0.3, 0.4) is 0 Å². The Kier molecular flexibility index (Phi) is 9.58. The van der Waals surface area contributed by atoms with Crippen LogP contribution < -0.4 is 9.47 Å². The van der Waals surface area contributed by atoms with Crippen LogP contribution >= 0.6 is 0 Å². The molecular formula is C22H27N3O8. The van der Waals surface area contributed by atoms with E-state index in [1.54, 1.807) is 26.4 Å². The van der Waals surface area contributed by atoms with E-state index in [1.807, 2.05) is 30.3 Å². The number of nitro groups is 1. The average Bonchev–Trinajstić information content (AvgIpc) is 2.81. The number of carbonyl (C=O) groups is 2. The summed E-state index contributed by atoms with van der Waals surface area (Å²) in [4.78, 5) is 33.7. The standard InChI is InChI=1S/C20H25N3O4.C2H2O4/c1-26-18-7-8-20(27-2)17(13-18)15-22-11-9-21(10-12-22)14-16-5-3-4-6-19(16)23(24)25;3-1(4)2(5)6/h3-8,13H,9-12,14-15H2,1-2H3;(H,3,4)(H,5,6). The number of hydrogen-bond acceptors (Lipinski definition) is 8. The normalized spacial score (nSPS) is 14.0. The van der Waals surface area contributed by atoms with Gasteiger partial charge in [-0.25, -0.2) is 9.59 Å². The molecule has 11 heteroatoms. The highest BCUT2D eigenvalue weighted by Gasteiger charge is 2.21. The van der Waals surface area contributed by atoms with E-state index in [0.717, 1.165) is 55.3 Å². The number of hydrogen-bond donors (Lipinski definition) is 2. The van der Waals surface area contributed by atoms with E-state index in [2.05, 4.69) is 9.80 Å². The minimum absolute atomic E-state index is 0.195. The summed E-state index contributed by atoms with van der Waals surface area (Å²) < 4.78 is 10.8. The molecule has 0 atom stereocenters. The lowest BCUT2D eigenvalue weighted by Gasteiger charge is -2.34. The Labute approximate surface area is 190 Å². The largest absolute Gasteiger partial charge is 0.497 e. The Hall–Kier alpha value is -3.70. The fourth-order valence-corrected chi connectivity index (χ4v) is 3.42. The molecule has 2 aromatic carbocycles. The maximum Gasteiger partial charge on any atom is 0.414 e. The van der Waals surface area contributed by atoms with Gasteiger partial charge >= 0.3 is 11.9 Å². The minimum Gasteiger partial charge on any atom is -0.497 e. The molecule has 1 aliphatic rings. The molecule has 0 saturated carbocycles. The lowest BCUT2D eigenvalue weighted by molar-refractivity contribution is -0.385. The van der Waals surface area contributed by atoms with Crippen LogP contribution in [0, 0.1) is 10.1 Å². The summed E-state index contributed by atoms with van der Waals surface area (Å²) in [5, 5.41) is 26.0. The van der Waals surface area contributed by atoms with Gasteiger partial charge in [-0.3, -0.25) is 19.9 Å². The predicted octanol–water partition coefficient (Wildman–Crippen LogP) is 2.09. The molecule has 0 aliphatic carbocycles. The highest BCUT2D eigenvalue weighted by Crippen LogP contribution is 2.26. The van der Waals surface area contributed by atoms with E-state index < -0.39 is 11.9 Å². The zero-order chi connectivity index (χ0) is 24.4. The number of nitrogens with zero attached hydrogens (tertiary/aromatic N) is 3. The fourth-order valence-electron chi connectivity index (χ4n) is 3.42. The van der Waals surface area contributed by atoms with Gasteiger partial charge in [0, 0.05) is 56.5 Å². The molecule has 3 rings (SSSR count). The van der Waals surface area contributed by atoms with Crippen molar-refractivity contribution in [2.45, 2.75) is 13.1 Å². The average molecular weight is 461 g/mol. The topological polar surface area (TPSA) is 143 Å². The summed E-state index contributed by atoms with van der Waals surface area (Å²) in [6.45, 7) is 4.95. The Balaban J connectivity index is 0.000000569. The number of rotatable bonds is 7. The summed E-state index contributed by atoms with van der Waals surface area (Å²) in [6, 6.07) is 12.8. The first kappa shape index (κ1) is 25.6. The van der Waals surface area contributed by atoms with Crippen LogP contribution in [0.25, 0.3) is 0 Å². The number of ether oxygens (including phenoxy) is 2. The molecule has 0 radical (unpaired) electrons. The second kappa shape index (κ2) is 12.4. The molecule has 2 N–H and O–H groups in total. The van der Waals surface area contributed by atoms with E-state index in [-0.39, 0.29) is 10.6 Å². The fraction of sp³-hybridized carbons (Fsp3) is 0.364. The van der Waals surface area contributed by atoms with Crippen molar-refractivity contribution in [2.75, 3.05) is 40.4 Å². The van der Waals surface area contributed by atoms with Gasteiger partial charge in [0.05, 0.1) is 19.1 Å². The van der Waals surface area contributed by atoms with Crippen LogP contribution in [0.15, 0.2) is 42.5 Å². The van der Waals surface area contributed by atoms with Crippen molar-refractivity contribution in [3.63, 3.8) is 0 Å². The molecule has 1 fully saturated rings. The van der Waals surface area contributed by atoms with Gasteiger partial charge in [0.2, 0.25) is 0 Å². The van der Waals surface area contributed by atoms with E-state index >= 15 is 0 Å². The smallest absolute Gasteiger partial charge is 0.414 e. The Morgan fingerprint density at radius 1 is 0.909 bits per heavy atom. The molecule has 33 heavy (non-hydrogen) atoms. The molecule has 0 amide bonds. The minimum atomic E-state index is -1.82. The number of piperazine rings is 1. The molecule has 0 bridgehead atoms. The van der Waals surface area contributed by atoms with E-state index in [4.69, 9.17) is 29.3 Å². The summed E-state index contributed by atoms with van der Waals surface area (Å²) in [5.74, 6) is -1.97. The maximum atomic E-state index is 11.2. The van der Waals surface area contributed by atoms with Crippen LogP contribution in [0.5, 0.6) is 11.5 Å². The number of nitro benzene ring substituents is 1. The number of carboxylic acids is 2. The summed E-state index contributed by atoms with van der Waals surface area (Å²) >= 11 is 0. The number of aliphatic carboxylic acids is 2. The van der Waals surface area contributed by atoms with Gasteiger partial charge in [0.1, 0.15) is 11.5 Å². The van der Waals surface area contributed by atoms with Gasteiger partial charge in [0.25, 0.3) is 5.69 Å². The number of carboxylic acid groups (broad SMARTS) is 2. The Bertz CT molecular complexity index is 962. The molecule has 1 aliphatic heterocycles. The van der Waals surface area contributed by atoms with Crippen molar-refractivity contribution in [3.8, 4) is 11.5 Å². The summed E-state index contributed by atoms with van der Waals surface area (Å²) in [6.07, 6.45) is 0. The lowest BCUT2D eigenvalue weighted by Crippen LogP contribution is -2.45. The molecule has 0 unspecified atom stereocenters. The van der Waals surface area contributed by atoms with Crippen molar-refractivity contribution in [1.29, 1.82) is 0 Å². The highest BCUT2D eigenvalue weighted by atomic mass is 16.6. The first-order chi connectivity index (χ1) is 15.7. The zero-order valence-electron chi connectivity index (χ0n) is 18.5. The monoisotopic (exact) mass is 461 g/mol. The van der Waals surface area contributed by atoms with Gasteiger partial charge in [0.15, 0.2) is 0 Å². The molecule has 1 heterocycles. The van der Waals surface area contributed by atoms with Gasteiger partial charge in [-0.05, 0) is 18.2 Å². The molecule has 1 saturated heterocycles. The maximum absolute atomic E-state index is 11.2. The van der Waals surface area contributed by atoms with E-state index in [1.165, 1.54) is 0 Å². The van der Waals surface area contributed by atoms with Crippen LogP contribution in [-0.4, -0.2) is 77.3 Å². The van der Waals surface area contributed by atoms with Crippen molar-refractivity contribution in [3.05, 3.63) is 63.7 Å². The van der Waals surface area contributed by atoms with Gasteiger partial charge in [-0.1, -0.05) is 18.2 Å². The second-order valence-electron chi connectivity index (χ2n) is 7.23. The van der Waals surface area contributed by atoms with Crippen LogP contribution in [0.2, 0.25) is 0 Å². The first-order valence-electron chi connectivity index (χ1n) is 10.1. The summed E-state index contributed by atoms with van der Waals surface area (Å²) in [5.41, 5.74) is 2.07. The quantitative estimate of drug-likeness (QED) is 0.357. The molecule has 178 valence electrons. The Morgan fingerprint density at radius 2 is 1.45 bits per heavy atom. The van der Waals surface area contributed by atoms with Gasteiger partial charge < -0.3 is 19.7 Å². The van der Waals surface area contributed by atoms with Gasteiger partial charge in [-0.15, -0.1) is 0 Å². The predicted molar refractivity (Wildman–Crippen MR) is 118 cm³/mol. The lowest BCUT2D eigenvalue weighted by atomic mass is 10.1. The number of methoxy groups -OCH3 is 2. The SMILES string of the molecule is COc1ccc(OC)c(CN2CCN(Cc3ccccc3[N+](=O)[O-])CC2)c1.O=C(O)C(=O)O. The zero-order valence-corrected chi connectivity index (χ0v) is 18.5. The van der Waals surface area contributed by atoms with Crippen molar-refractivity contribution < 1.29 is 34.2 Å². The van der Waals surface area contributed by atoms with Gasteiger partial charge in [-0.2, -0.15) is 0 Å². The number of benzene rings is 2. The molecule has 0 spiro atoms. The third kappa shape index (κ3) is 7.74. The second-order valence-corrected chi connectivity index (χ2v) is 7.23. The van der Waals surface area contributed by atoms with Crippen LogP contribution in [0.1, 0.15) is 11.1 Å². The Morgan fingerprint density at radius 3 is 1.94 bits per heavy atom. The van der Waals surface area contributed by atoms with Crippen molar-refractivity contribution in [1.82, 2.24) is 9.80 Å². The molecule has 11 nitrogen and oxygen atoms in total. The van der Waals surface area contributed by atoms with Crippen LogP contribution in [0.4, 0.5) is 5.69 Å². The molecule has 0 aromatic heterocycles. The van der Waals surface area contributed by atoms with E-state index in [0.29, 0.717) is 6.54 Å². The van der Waals surface area contributed by atoms with E-state index in [9.17, 15) is 10.1 Å². The molecule has 2 aromatic rings. The third-order valence-electron chi connectivity index (χ3n) is 5.11. The van der Waals surface area contributed by atoms with Crippen molar-refractivity contribution in [2.24, 2.45) is 0 Å². The highest BCUT2D eigenvalue weighted by molar-refractivity contribution is 6.27. The molecular weight excluding hydrogens is 434 g/mol. The van der Waals surface area contributed by atoms with Crippen molar-refractivity contribution >= 4 is 17.6 Å². The first-order valence-corrected chi connectivity index (χ1v) is 10.1.